The van der Waals surface area contributed by atoms with Crippen molar-refractivity contribution in [1.29, 1.82) is 0 Å². The van der Waals surface area contributed by atoms with Gasteiger partial charge in [-0.2, -0.15) is 5.10 Å². The van der Waals surface area contributed by atoms with Crippen LogP contribution in [-0.4, -0.2) is 37.9 Å². The van der Waals surface area contributed by atoms with Gasteiger partial charge in [-0.05, 0) is 24.1 Å². The van der Waals surface area contributed by atoms with Gasteiger partial charge < -0.3 is 15.4 Å². The van der Waals surface area contributed by atoms with Gasteiger partial charge in [-0.3, -0.25) is 4.68 Å². The molecule has 0 unspecified atom stereocenters. The summed E-state index contributed by atoms with van der Waals surface area (Å²) in [5.74, 6) is 1.20. The van der Waals surface area contributed by atoms with Crippen molar-refractivity contribution in [2.24, 2.45) is 7.05 Å². The van der Waals surface area contributed by atoms with Crippen molar-refractivity contribution < 1.29 is 4.74 Å². The summed E-state index contributed by atoms with van der Waals surface area (Å²) in [4.78, 5) is 13.5. The number of hydrogen-bond acceptors (Lipinski definition) is 7. The fourth-order valence-corrected chi connectivity index (χ4v) is 3.38. The van der Waals surface area contributed by atoms with Crippen LogP contribution < -0.4 is 15.4 Å². The highest BCUT2D eigenvalue weighted by atomic mass is 16.5. The van der Waals surface area contributed by atoms with Crippen LogP contribution in [0.1, 0.15) is 5.56 Å². The molecule has 8 nitrogen and oxygen atoms in total. The van der Waals surface area contributed by atoms with Crippen LogP contribution in [0.25, 0.3) is 22.0 Å². The number of fused-ring (bicyclic) bond motifs is 2. The number of benzene rings is 1. The zero-order chi connectivity index (χ0) is 19.1. The van der Waals surface area contributed by atoms with E-state index < -0.39 is 0 Å². The Kier molecular flexibility index (Phi) is 3.82. The summed E-state index contributed by atoms with van der Waals surface area (Å²) in [7, 11) is 1.87. The first kappa shape index (κ1) is 16.5. The van der Waals surface area contributed by atoms with Crippen molar-refractivity contribution in [2.45, 2.75) is 6.92 Å². The van der Waals surface area contributed by atoms with Crippen LogP contribution in [0.4, 0.5) is 17.3 Å². The minimum atomic E-state index is 0.535. The molecule has 0 atom stereocenters. The van der Waals surface area contributed by atoms with Gasteiger partial charge in [0.2, 0.25) is 11.8 Å². The van der Waals surface area contributed by atoms with Gasteiger partial charge in [-0.1, -0.05) is 12.1 Å². The second kappa shape index (κ2) is 6.49. The fraction of sp³-hybridized carbons (Fsp3) is 0.200. The topological polar surface area (TPSA) is 89.8 Å². The van der Waals surface area contributed by atoms with Crippen molar-refractivity contribution in [3.8, 4) is 17.0 Å². The molecule has 0 spiro atoms. The molecule has 1 aliphatic rings. The highest BCUT2D eigenvalue weighted by Crippen LogP contribution is 2.35. The van der Waals surface area contributed by atoms with Crippen molar-refractivity contribution in [3.05, 3.63) is 48.5 Å². The molecule has 4 aromatic rings. The molecule has 2 N–H and O–H groups in total. The largest absolute Gasteiger partial charge is 0.474 e. The summed E-state index contributed by atoms with van der Waals surface area (Å²) in [6, 6.07) is 6.16. The van der Waals surface area contributed by atoms with E-state index >= 15 is 0 Å². The van der Waals surface area contributed by atoms with Crippen molar-refractivity contribution in [1.82, 2.24) is 24.7 Å². The van der Waals surface area contributed by atoms with E-state index in [0.717, 1.165) is 45.5 Å². The van der Waals surface area contributed by atoms with Gasteiger partial charge in [-0.15, -0.1) is 0 Å². The number of anilines is 3. The first-order chi connectivity index (χ1) is 13.7. The third-order valence-corrected chi connectivity index (χ3v) is 4.80. The molecule has 3 aromatic heterocycles. The third kappa shape index (κ3) is 2.88. The Morgan fingerprint density at radius 2 is 2.11 bits per heavy atom. The van der Waals surface area contributed by atoms with Crippen molar-refractivity contribution >= 4 is 28.2 Å². The Hall–Kier alpha value is -3.68. The summed E-state index contributed by atoms with van der Waals surface area (Å²) >= 11 is 0. The van der Waals surface area contributed by atoms with Gasteiger partial charge in [0, 0.05) is 43.1 Å². The number of rotatable bonds is 3. The third-order valence-electron chi connectivity index (χ3n) is 4.80. The molecule has 0 amide bonds. The Balaban J connectivity index is 1.54. The summed E-state index contributed by atoms with van der Waals surface area (Å²) in [6.07, 6.45) is 7.29. The van der Waals surface area contributed by atoms with E-state index in [2.05, 4.69) is 49.7 Å². The van der Waals surface area contributed by atoms with Gasteiger partial charge in [0.15, 0.2) is 0 Å². The van der Waals surface area contributed by atoms with Crippen LogP contribution in [0.2, 0.25) is 0 Å². The van der Waals surface area contributed by atoms with E-state index in [0.29, 0.717) is 18.4 Å². The van der Waals surface area contributed by atoms with Crippen molar-refractivity contribution in [3.63, 3.8) is 0 Å². The molecule has 0 aliphatic carbocycles. The molecule has 0 fully saturated rings. The van der Waals surface area contributed by atoms with Crippen LogP contribution in [0, 0.1) is 6.92 Å². The van der Waals surface area contributed by atoms with Crippen LogP contribution >= 0.6 is 0 Å². The molecule has 28 heavy (non-hydrogen) atoms. The summed E-state index contributed by atoms with van der Waals surface area (Å²) in [5, 5.41) is 11.7. The highest BCUT2D eigenvalue weighted by molar-refractivity contribution is 5.86. The number of pyridine rings is 1. The number of nitrogens with one attached hydrogen (secondary N) is 2. The molecule has 140 valence electrons. The highest BCUT2D eigenvalue weighted by Gasteiger charge is 2.17. The lowest BCUT2D eigenvalue weighted by Gasteiger charge is -2.21. The molecule has 0 saturated heterocycles. The van der Waals surface area contributed by atoms with Gasteiger partial charge >= 0.3 is 0 Å². The lowest BCUT2D eigenvalue weighted by Crippen LogP contribution is -2.20. The number of nitrogens with zero attached hydrogens (tertiary/aromatic N) is 5. The maximum atomic E-state index is 5.63. The minimum absolute atomic E-state index is 0.535. The van der Waals surface area contributed by atoms with Crippen LogP contribution in [-0.2, 0) is 7.05 Å². The summed E-state index contributed by atoms with van der Waals surface area (Å²) in [6.45, 7) is 3.50. The lowest BCUT2D eigenvalue weighted by atomic mass is 10.00. The number of ether oxygens (including phenoxy) is 1. The van der Waals surface area contributed by atoms with Gasteiger partial charge in [0.05, 0.1) is 17.4 Å². The number of aryl methyl sites for hydroxylation is 1. The molecule has 1 aromatic carbocycles. The summed E-state index contributed by atoms with van der Waals surface area (Å²) < 4.78 is 7.36. The molecule has 1 aliphatic heterocycles. The standard InChI is InChI=1S/C20H19N7O/c1-12-16(10-22-19-18(12)21-5-6-28-19)13-3-4-14-8-23-20(26-17(14)7-13)25-15-9-24-27(2)11-15/h3-4,7-11,21H,5-6H2,1-2H3,(H,23,25,26). The quantitative estimate of drug-likeness (QED) is 0.569. The smallest absolute Gasteiger partial charge is 0.237 e. The second-order valence-electron chi connectivity index (χ2n) is 6.75. The first-order valence-electron chi connectivity index (χ1n) is 9.06. The maximum absolute atomic E-state index is 5.63. The Morgan fingerprint density at radius 1 is 1.18 bits per heavy atom. The SMILES string of the molecule is Cc1c(-c2ccc3cnc(Nc4cnn(C)c4)nc3c2)cnc2c1NCCO2. The Labute approximate surface area is 161 Å². The predicted octanol–water partition coefficient (Wildman–Crippen LogP) is 3.28. The van der Waals surface area contributed by atoms with Crippen LogP contribution in [0.5, 0.6) is 5.88 Å². The second-order valence-corrected chi connectivity index (χ2v) is 6.75. The number of aromatic nitrogens is 5. The fourth-order valence-electron chi connectivity index (χ4n) is 3.38. The molecule has 0 bridgehead atoms. The monoisotopic (exact) mass is 373 g/mol. The molecule has 5 rings (SSSR count). The average Bonchev–Trinajstić information content (AvgIpc) is 3.12. The van der Waals surface area contributed by atoms with Gasteiger partial charge in [0.1, 0.15) is 12.3 Å². The zero-order valence-corrected chi connectivity index (χ0v) is 15.6. The van der Waals surface area contributed by atoms with E-state index in [1.54, 1.807) is 10.9 Å². The number of hydrogen-bond donors (Lipinski definition) is 2. The van der Waals surface area contributed by atoms with E-state index in [4.69, 9.17) is 4.74 Å². The average molecular weight is 373 g/mol. The Bertz CT molecular complexity index is 1180. The van der Waals surface area contributed by atoms with Gasteiger partial charge in [-0.25, -0.2) is 15.0 Å². The van der Waals surface area contributed by atoms with E-state index in [-0.39, 0.29) is 0 Å². The van der Waals surface area contributed by atoms with Crippen LogP contribution in [0.3, 0.4) is 0 Å². The molecular formula is C20H19N7O. The van der Waals surface area contributed by atoms with E-state index in [1.165, 1.54) is 0 Å². The molecular weight excluding hydrogens is 354 g/mol. The van der Waals surface area contributed by atoms with Gasteiger partial charge in [0.25, 0.3) is 0 Å². The normalized spacial score (nSPS) is 12.9. The van der Waals surface area contributed by atoms with E-state index in [1.807, 2.05) is 31.7 Å². The lowest BCUT2D eigenvalue weighted by molar-refractivity contribution is 0.310. The van der Waals surface area contributed by atoms with Crippen molar-refractivity contribution in [2.75, 3.05) is 23.8 Å². The van der Waals surface area contributed by atoms with E-state index in [9.17, 15) is 0 Å². The maximum Gasteiger partial charge on any atom is 0.237 e. The minimum Gasteiger partial charge on any atom is -0.474 e. The molecule has 4 heterocycles. The molecule has 0 radical (unpaired) electrons. The summed E-state index contributed by atoms with van der Waals surface area (Å²) in [5.41, 5.74) is 5.90. The molecule has 8 heteroatoms. The first-order valence-corrected chi connectivity index (χ1v) is 9.06. The van der Waals surface area contributed by atoms with Crippen LogP contribution in [0.15, 0.2) is 43.0 Å². The Morgan fingerprint density at radius 3 is 2.96 bits per heavy atom. The predicted molar refractivity (Wildman–Crippen MR) is 108 cm³/mol. The molecule has 0 saturated carbocycles. The zero-order valence-electron chi connectivity index (χ0n) is 15.6.